The van der Waals surface area contributed by atoms with Gasteiger partial charge in [0.05, 0.1) is 10.6 Å². The number of H-pyrrole nitrogens is 1. The molecule has 2 aromatic rings. The lowest BCUT2D eigenvalue weighted by molar-refractivity contribution is 0.0691. The van der Waals surface area contributed by atoms with E-state index in [1.54, 1.807) is 13.0 Å². The van der Waals surface area contributed by atoms with Crippen molar-refractivity contribution in [2.45, 2.75) is 11.8 Å². The number of carbonyl (C=O) groups is 1. The molecule has 90 valence electrons. The highest BCUT2D eigenvalue weighted by Gasteiger charge is 2.13. The number of carboxylic acids is 1. The topological polar surface area (TPSA) is 87.2 Å². The summed E-state index contributed by atoms with van der Waals surface area (Å²) in [7, 11) is -3.26. The minimum atomic E-state index is -3.26. The average Bonchev–Trinajstić information content (AvgIpc) is 2.71. The van der Waals surface area contributed by atoms with Gasteiger partial charge in [-0.2, -0.15) is 0 Å². The second-order valence-corrected chi connectivity index (χ2v) is 5.92. The van der Waals surface area contributed by atoms with Crippen LogP contribution in [0.3, 0.4) is 0 Å². The van der Waals surface area contributed by atoms with Gasteiger partial charge in [0.1, 0.15) is 5.69 Å². The molecule has 6 heteroatoms. The van der Waals surface area contributed by atoms with Gasteiger partial charge in [0.2, 0.25) is 0 Å². The largest absolute Gasteiger partial charge is 0.477 e. The lowest BCUT2D eigenvalue weighted by atomic mass is 10.2. The molecule has 1 heterocycles. The van der Waals surface area contributed by atoms with Gasteiger partial charge in [-0.1, -0.05) is 6.92 Å². The molecule has 0 aliphatic carbocycles. The fraction of sp³-hybridized carbons (Fsp3) is 0.182. The second-order valence-electron chi connectivity index (χ2n) is 3.64. The molecule has 0 unspecified atom stereocenters. The van der Waals surface area contributed by atoms with Gasteiger partial charge in [-0.25, -0.2) is 13.2 Å². The number of rotatable bonds is 3. The van der Waals surface area contributed by atoms with Gasteiger partial charge in [0.25, 0.3) is 0 Å². The van der Waals surface area contributed by atoms with Crippen LogP contribution in [0.5, 0.6) is 0 Å². The number of aromatic carboxylic acids is 1. The SMILES string of the molecule is CCS(=O)(=O)c1ccc2[nH]c(C(=O)O)cc2c1. The third kappa shape index (κ3) is 2.03. The third-order valence-corrected chi connectivity index (χ3v) is 4.29. The van der Waals surface area contributed by atoms with Gasteiger partial charge >= 0.3 is 5.97 Å². The van der Waals surface area contributed by atoms with E-state index in [9.17, 15) is 13.2 Å². The smallest absolute Gasteiger partial charge is 0.352 e. The van der Waals surface area contributed by atoms with Crippen molar-refractivity contribution < 1.29 is 18.3 Å². The standard InChI is InChI=1S/C11H11NO4S/c1-2-17(15,16)8-3-4-9-7(5-8)6-10(12-9)11(13)14/h3-6,12H,2H2,1H3,(H,13,14). The average molecular weight is 253 g/mol. The van der Waals surface area contributed by atoms with Gasteiger partial charge in [-0.3, -0.25) is 0 Å². The lowest BCUT2D eigenvalue weighted by Crippen LogP contribution is -2.02. The molecule has 0 saturated carbocycles. The van der Waals surface area contributed by atoms with Crippen molar-refractivity contribution in [1.29, 1.82) is 0 Å². The van der Waals surface area contributed by atoms with Gasteiger partial charge in [-0.15, -0.1) is 0 Å². The quantitative estimate of drug-likeness (QED) is 0.870. The molecule has 1 aromatic heterocycles. The van der Waals surface area contributed by atoms with Crippen molar-refractivity contribution in [1.82, 2.24) is 4.98 Å². The summed E-state index contributed by atoms with van der Waals surface area (Å²) < 4.78 is 23.3. The van der Waals surface area contributed by atoms with Crippen molar-refractivity contribution >= 4 is 26.7 Å². The van der Waals surface area contributed by atoms with E-state index in [0.29, 0.717) is 10.9 Å². The van der Waals surface area contributed by atoms with Gasteiger partial charge < -0.3 is 10.1 Å². The fourth-order valence-electron chi connectivity index (χ4n) is 1.59. The highest BCUT2D eigenvalue weighted by atomic mass is 32.2. The first-order valence-electron chi connectivity index (χ1n) is 5.03. The molecule has 0 radical (unpaired) electrons. The van der Waals surface area contributed by atoms with E-state index in [1.165, 1.54) is 18.2 Å². The van der Waals surface area contributed by atoms with E-state index in [1.807, 2.05) is 0 Å². The van der Waals surface area contributed by atoms with E-state index in [4.69, 9.17) is 5.11 Å². The molecule has 17 heavy (non-hydrogen) atoms. The maximum atomic E-state index is 11.7. The molecular weight excluding hydrogens is 242 g/mol. The molecule has 0 aliphatic rings. The Morgan fingerprint density at radius 1 is 1.35 bits per heavy atom. The molecule has 0 amide bonds. The van der Waals surface area contributed by atoms with Gasteiger partial charge in [0.15, 0.2) is 9.84 Å². The van der Waals surface area contributed by atoms with Crippen molar-refractivity contribution in [2.75, 3.05) is 5.75 Å². The third-order valence-electron chi connectivity index (χ3n) is 2.56. The molecule has 0 aliphatic heterocycles. The van der Waals surface area contributed by atoms with E-state index in [2.05, 4.69) is 4.98 Å². The predicted octanol–water partition coefficient (Wildman–Crippen LogP) is 1.66. The Balaban J connectivity index is 2.62. The number of benzene rings is 1. The summed E-state index contributed by atoms with van der Waals surface area (Å²) in [5.74, 6) is -1.05. The highest BCUT2D eigenvalue weighted by Crippen LogP contribution is 2.20. The second kappa shape index (κ2) is 3.89. The number of hydrogen-bond acceptors (Lipinski definition) is 3. The van der Waals surface area contributed by atoms with Crippen molar-refractivity contribution in [2.24, 2.45) is 0 Å². The summed E-state index contributed by atoms with van der Waals surface area (Å²) >= 11 is 0. The van der Waals surface area contributed by atoms with Crippen molar-refractivity contribution in [3.63, 3.8) is 0 Å². The van der Waals surface area contributed by atoms with E-state index in [0.717, 1.165) is 0 Å². The lowest BCUT2D eigenvalue weighted by Gasteiger charge is -2.00. The highest BCUT2D eigenvalue weighted by molar-refractivity contribution is 7.91. The Hall–Kier alpha value is -1.82. The molecule has 0 bridgehead atoms. The van der Waals surface area contributed by atoms with Crippen LogP contribution in [0.2, 0.25) is 0 Å². The summed E-state index contributed by atoms with van der Waals surface area (Å²) in [4.78, 5) is 13.7. The molecule has 5 nitrogen and oxygen atoms in total. The van der Waals surface area contributed by atoms with Crippen molar-refractivity contribution in [3.8, 4) is 0 Å². The molecule has 0 saturated heterocycles. The Kier molecular flexibility index (Phi) is 2.66. The van der Waals surface area contributed by atoms with Crippen LogP contribution in [-0.2, 0) is 9.84 Å². The first-order chi connectivity index (χ1) is 7.94. The number of hydrogen-bond donors (Lipinski definition) is 2. The summed E-state index contributed by atoms with van der Waals surface area (Å²) in [6.45, 7) is 1.57. The van der Waals surface area contributed by atoms with Crippen LogP contribution in [0.1, 0.15) is 17.4 Å². The maximum absolute atomic E-state index is 11.7. The van der Waals surface area contributed by atoms with E-state index >= 15 is 0 Å². The zero-order valence-electron chi connectivity index (χ0n) is 9.10. The van der Waals surface area contributed by atoms with Crippen LogP contribution in [0.4, 0.5) is 0 Å². The van der Waals surface area contributed by atoms with E-state index < -0.39 is 15.8 Å². The number of aromatic amines is 1. The number of fused-ring (bicyclic) bond motifs is 1. The number of aromatic nitrogens is 1. The van der Waals surface area contributed by atoms with Gasteiger partial charge in [-0.05, 0) is 24.3 Å². The number of sulfone groups is 1. The van der Waals surface area contributed by atoms with Crippen LogP contribution in [-0.4, -0.2) is 30.2 Å². The van der Waals surface area contributed by atoms with Crippen molar-refractivity contribution in [3.05, 3.63) is 30.0 Å². The predicted molar refractivity (Wildman–Crippen MR) is 63.0 cm³/mol. The van der Waals surface area contributed by atoms with Crippen LogP contribution in [0.15, 0.2) is 29.2 Å². The number of nitrogens with one attached hydrogen (secondary N) is 1. The van der Waals surface area contributed by atoms with Crippen LogP contribution < -0.4 is 0 Å². The Morgan fingerprint density at radius 2 is 2.06 bits per heavy atom. The fourth-order valence-corrected chi connectivity index (χ4v) is 2.50. The number of carboxylic acid groups (broad SMARTS) is 1. The Bertz CT molecular complexity index is 685. The molecule has 1 aromatic carbocycles. The maximum Gasteiger partial charge on any atom is 0.352 e. The first kappa shape index (κ1) is 11.7. The summed E-state index contributed by atoms with van der Waals surface area (Å²) in [5, 5.41) is 9.39. The summed E-state index contributed by atoms with van der Waals surface area (Å²) in [6.07, 6.45) is 0. The zero-order valence-corrected chi connectivity index (χ0v) is 9.91. The van der Waals surface area contributed by atoms with E-state index in [-0.39, 0.29) is 16.3 Å². The summed E-state index contributed by atoms with van der Waals surface area (Å²) in [5.41, 5.74) is 0.656. The monoisotopic (exact) mass is 253 g/mol. The molecule has 0 spiro atoms. The minimum Gasteiger partial charge on any atom is -0.477 e. The zero-order chi connectivity index (χ0) is 12.6. The normalized spacial score (nSPS) is 11.8. The molecular formula is C11H11NO4S. The molecule has 0 atom stereocenters. The van der Waals surface area contributed by atoms with Crippen LogP contribution >= 0.6 is 0 Å². The molecule has 2 N–H and O–H groups in total. The van der Waals surface area contributed by atoms with Gasteiger partial charge in [0, 0.05) is 10.9 Å². The summed E-state index contributed by atoms with van der Waals surface area (Å²) in [6, 6.07) is 5.96. The molecule has 2 rings (SSSR count). The van der Waals surface area contributed by atoms with Crippen LogP contribution in [0.25, 0.3) is 10.9 Å². The first-order valence-corrected chi connectivity index (χ1v) is 6.68. The molecule has 0 fully saturated rings. The Morgan fingerprint density at radius 3 is 2.65 bits per heavy atom. The Labute approximate surface area is 98.0 Å². The van der Waals surface area contributed by atoms with Crippen LogP contribution in [0, 0.1) is 0 Å². The minimum absolute atomic E-state index is 0.0225.